The second-order valence-electron chi connectivity index (χ2n) is 10.5. The molecule has 0 saturated heterocycles. The summed E-state index contributed by atoms with van der Waals surface area (Å²) in [5.74, 6) is -0.00597. The molecule has 0 bridgehead atoms. The molecule has 0 unspecified atom stereocenters. The van der Waals surface area contributed by atoms with E-state index in [1.165, 1.54) is 47.6 Å². The highest BCUT2D eigenvalue weighted by molar-refractivity contribution is 7.90. The standard InChI is InChI=1S/C30H30FN3O5S/c1-30(2,3)39-29(35)33-16-13-20(14-17-33)26-19-25-23(24-18-21(31)10-11-27(24)38-4)12-15-32-28(25)34(26)40(36,37)22-8-6-5-7-9-22/h5-13,15,18-19H,14,16-17H2,1-4H3. The minimum absolute atomic E-state index is 0.107. The Morgan fingerprint density at radius 3 is 2.42 bits per heavy atom. The molecule has 0 aliphatic carbocycles. The van der Waals surface area contributed by atoms with E-state index in [1.807, 2.05) is 6.08 Å². The van der Waals surface area contributed by atoms with Gasteiger partial charge >= 0.3 is 6.09 Å². The molecule has 2 aromatic heterocycles. The minimum atomic E-state index is -4.08. The van der Waals surface area contributed by atoms with Crippen molar-refractivity contribution in [2.45, 2.75) is 37.7 Å². The van der Waals surface area contributed by atoms with Crippen LogP contribution in [-0.2, 0) is 14.8 Å². The van der Waals surface area contributed by atoms with Crippen LogP contribution in [0.4, 0.5) is 9.18 Å². The first-order chi connectivity index (χ1) is 19.0. The molecule has 1 aliphatic rings. The van der Waals surface area contributed by atoms with E-state index < -0.39 is 27.5 Å². The molecule has 0 saturated carbocycles. The lowest BCUT2D eigenvalue weighted by Crippen LogP contribution is -2.39. The summed E-state index contributed by atoms with van der Waals surface area (Å²) in [6, 6.07) is 15.8. The molecule has 1 amide bonds. The van der Waals surface area contributed by atoms with Gasteiger partial charge in [0.05, 0.1) is 17.7 Å². The SMILES string of the molecule is COc1ccc(F)cc1-c1ccnc2c1cc(C1=CCN(C(=O)OC(C)(C)C)CC1)n2S(=O)(=O)c1ccccc1. The van der Waals surface area contributed by atoms with Crippen LogP contribution < -0.4 is 4.74 Å². The second kappa shape index (κ2) is 10.4. The van der Waals surface area contributed by atoms with Gasteiger partial charge in [0.1, 0.15) is 17.2 Å². The lowest BCUT2D eigenvalue weighted by molar-refractivity contribution is 0.0270. The zero-order chi connectivity index (χ0) is 28.7. The van der Waals surface area contributed by atoms with Gasteiger partial charge in [-0.05, 0) is 80.8 Å². The molecule has 1 aliphatic heterocycles. The Morgan fingerprint density at radius 1 is 1.02 bits per heavy atom. The van der Waals surface area contributed by atoms with Crippen LogP contribution in [0.1, 0.15) is 32.9 Å². The van der Waals surface area contributed by atoms with Crippen LogP contribution in [0.5, 0.6) is 5.75 Å². The Bertz CT molecular complexity index is 1720. The summed E-state index contributed by atoms with van der Waals surface area (Å²) in [6.07, 6.45) is 3.31. The molecule has 0 spiro atoms. The van der Waals surface area contributed by atoms with Crippen LogP contribution in [0.3, 0.4) is 0 Å². The average Bonchev–Trinajstić information content (AvgIpc) is 3.33. The largest absolute Gasteiger partial charge is 0.496 e. The number of hydrogen-bond acceptors (Lipinski definition) is 6. The van der Waals surface area contributed by atoms with Crippen molar-refractivity contribution in [3.63, 3.8) is 0 Å². The van der Waals surface area contributed by atoms with Gasteiger partial charge in [-0.1, -0.05) is 24.3 Å². The number of aromatic nitrogens is 2. The third-order valence-electron chi connectivity index (χ3n) is 6.58. The van der Waals surface area contributed by atoms with Gasteiger partial charge in [0.15, 0.2) is 5.65 Å². The first-order valence-electron chi connectivity index (χ1n) is 12.8. The Labute approximate surface area is 232 Å². The fourth-order valence-electron chi connectivity index (χ4n) is 4.76. The van der Waals surface area contributed by atoms with Crippen molar-refractivity contribution in [2.75, 3.05) is 20.2 Å². The van der Waals surface area contributed by atoms with Crippen molar-refractivity contribution in [1.82, 2.24) is 13.9 Å². The first-order valence-corrected chi connectivity index (χ1v) is 14.3. The molecule has 4 aromatic rings. The predicted octanol–water partition coefficient (Wildman–Crippen LogP) is 6.11. The maximum atomic E-state index is 14.3. The Kier molecular flexibility index (Phi) is 7.14. The summed E-state index contributed by atoms with van der Waals surface area (Å²) in [5, 5.41) is 0.524. The van der Waals surface area contributed by atoms with Gasteiger partial charge in [0, 0.05) is 30.2 Å². The number of carbonyl (C=O) groups is 1. The Morgan fingerprint density at radius 2 is 1.77 bits per heavy atom. The van der Waals surface area contributed by atoms with E-state index in [0.29, 0.717) is 40.9 Å². The monoisotopic (exact) mass is 563 g/mol. The molecular formula is C30H30FN3O5S. The fourth-order valence-corrected chi connectivity index (χ4v) is 6.27. The molecule has 8 nitrogen and oxygen atoms in total. The molecular weight excluding hydrogens is 533 g/mol. The van der Waals surface area contributed by atoms with Crippen molar-refractivity contribution in [3.05, 3.63) is 84.4 Å². The summed E-state index contributed by atoms with van der Waals surface area (Å²) in [4.78, 5) is 18.8. The quantitative estimate of drug-likeness (QED) is 0.291. The zero-order valence-electron chi connectivity index (χ0n) is 22.7. The van der Waals surface area contributed by atoms with E-state index in [9.17, 15) is 17.6 Å². The summed E-state index contributed by atoms with van der Waals surface area (Å²) >= 11 is 0. The van der Waals surface area contributed by atoms with E-state index >= 15 is 0 Å². The van der Waals surface area contributed by atoms with Gasteiger partial charge < -0.3 is 14.4 Å². The molecule has 0 radical (unpaired) electrons. The highest BCUT2D eigenvalue weighted by Gasteiger charge is 2.30. The lowest BCUT2D eigenvalue weighted by atomic mass is 10.0. The van der Waals surface area contributed by atoms with Crippen molar-refractivity contribution in [2.24, 2.45) is 0 Å². The number of rotatable bonds is 5. The lowest BCUT2D eigenvalue weighted by Gasteiger charge is -2.29. The summed E-state index contributed by atoms with van der Waals surface area (Å²) in [5.41, 5.74) is 1.81. The van der Waals surface area contributed by atoms with Gasteiger partial charge in [-0.15, -0.1) is 0 Å². The van der Waals surface area contributed by atoms with Gasteiger partial charge in [0.2, 0.25) is 0 Å². The van der Waals surface area contributed by atoms with E-state index in [0.717, 1.165) is 5.57 Å². The molecule has 0 fully saturated rings. The van der Waals surface area contributed by atoms with E-state index in [4.69, 9.17) is 9.47 Å². The number of nitrogens with zero attached hydrogens (tertiary/aromatic N) is 3. The topological polar surface area (TPSA) is 90.7 Å². The second-order valence-corrected chi connectivity index (χ2v) is 12.2. The number of pyridine rings is 1. The summed E-state index contributed by atoms with van der Waals surface area (Å²) in [6.45, 7) is 6.03. The van der Waals surface area contributed by atoms with Crippen LogP contribution in [0.2, 0.25) is 0 Å². The minimum Gasteiger partial charge on any atom is -0.496 e. The fraction of sp³-hybridized carbons (Fsp3) is 0.267. The number of halogens is 1. The molecule has 208 valence electrons. The van der Waals surface area contributed by atoms with Crippen molar-refractivity contribution >= 4 is 32.7 Å². The summed E-state index contributed by atoms with van der Waals surface area (Å²) < 4.78 is 54.7. The average molecular weight is 564 g/mol. The molecule has 0 atom stereocenters. The number of carbonyl (C=O) groups excluding carboxylic acids is 1. The highest BCUT2D eigenvalue weighted by atomic mass is 32.2. The first kappa shape index (κ1) is 27.4. The van der Waals surface area contributed by atoms with Gasteiger partial charge in [-0.25, -0.2) is 26.6 Å². The maximum absolute atomic E-state index is 14.3. The van der Waals surface area contributed by atoms with Crippen molar-refractivity contribution in [3.8, 4) is 16.9 Å². The van der Waals surface area contributed by atoms with Gasteiger partial charge in [-0.3, -0.25) is 0 Å². The number of fused-ring (bicyclic) bond motifs is 1. The Balaban J connectivity index is 1.69. The molecule has 3 heterocycles. The molecule has 0 N–H and O–H groups in total. The van der Waals surface area contributed by atoms with Crippen LogP contribution in [0.15, 0.2) is 77.8 Å². The van der Waals surface area contributed by atoms with Crippen LogP contribution in [0.25, 0.3) is 27.7 Å². The van der Waals surface area contributed by atoms with Crippen LogP contribution >= 0.6 is 0 Å². The highest BCUT2D eigenvalue weighted by Crippen LogP contribution is 2.39. The number of hydrogen-bond donors (Lipinski definition) is 0. The smallest absolute Gasteiger partial charge is 0.410 e. The zero-order valence-corrected chi connectivity index (χ0v) is 23.5. The molecule has 10 heteroatoms. The number of ether oxygens (including phenoxy) is 2. The van der Waals surface area contributed by atoms with Crippen LogP contribution in [0, 0.1) is 5.82 Å². The Hall–Kier alpha value is -4.18. The van der Waals surface area contributed by atoms with E-state index in [-0.39, 0.29) is 17.1 Å². The third kappa shape index (κ3) is 5.19. The third-order valence-corrected chi connectivity index (χ3v) is 8.30. The molecule has 2 aromatic carbocycles. The van der Waals surface area contributed by atoms with Crippen molar-refractivity contribution < 1.29 is 27.1 Å². The maximum Gasteiger partial charge on any atom is 0.410 e. The molecule has 40 heavy (non-hydrogen) atoms. The number of methoxy groups -OCH3 is 1. The summed E-state index contributed by atoms with van der Waals surface area (Å²) in [7, 11) is -2.58. The number of benzene rings is 2. The van der Waals surface area contributed by atoms with Gasteiger partial charge in [-0.2, -0.15) is 0 Å². The van der Waals surface area contributed by atoms with E-state index in [1.54, 1.807) is 56.0 Å². The normalized spacial score (nSPS) is 14.2. The van der Waals surface area contributed by atoms with E-state index in [2.05, 4.69) is 4.98 Å². The van der Waals surface area contributed by atoms with Crippen molar-refractivity contribution in [1.29, 1.82) is 0 Å². The number of amides is 1. The van der Waals surface area contributed by atoms with Gasteiger partial charge in [0.25, 0.3) is 10.0 Å². The predicted molar refractivity (Wildman–Crippen MR) is 151 cm³/mol. The van der Waals surface area contributed by atoms with Crippen LogP contribution in [-0.4, -0.2) is 54.2 Å². The molecule has 5 rings (SSSR count).